The molecule has 0 bridgehead atoms. The third-order valence-corrected chi connectivity index (χ3v) is 3.89. The molecule has 3 nitrogen and oxygen atoms in total. The summed E-state index contributed by atoms with van der Waals surface area (Å²) in [5, 5.41) is 0.961. The van der Waals surface area contributed by atoms with E-state index in [1.165, 1.54) is 0 Å². The molecule has 21 heavy (non-hydrogen) atoms. The summed E-state index contributed by atoms with van der Waals surface area (Å²) in [7, 11) is 0. The Labute approximate surface area is 132 Å². The number of ketones is 1. The molecule has 1 amide bonds. The molecule has 0 aliphatic carbocycles. The average Bonchev–Trinajstić information content (AvgIpc) is 2.48. The highest BCUT2D eigenvalue weighted by Crippen LogP contribution is 2.33. The maximum Gasteiger partial charge on any atom is 0.217 e. The van der Waals surface area contributed by atoms with Crippen LogP contribution in [0.15, 0.2) is 42.5 Å². The first-order valence-electron chi connectivity index (χ1n) is 6.35. The number of carbonyl (C=O) groups excluding carboxylic acids is 2. The van der Waals surface area contributed by atoms with E-state index in [0.29, 0.717) is 15.6 Å². The lowest BCUT2D eigenvalue weighted by atomic mass is 10.0. The Hall–Kier alpha value is -1.84. The molecule has 0 atom stereocenters. The van der Waals surface area contributed by atoms with E-state index in [-0.39, 0.29) is 18.6 Å². The maximum absolute atomic E-state index is 11.9. The summed E-state index contributed by atoms with van der Waals surface area (Å²) in [5.74, 6) is -0.594. The second-order valence-corrected chi connectivity index (χ2v) is 5.35. The van der Waals surface area contributed by atoms with Gasteiger partial charge in [-0.15, -0.1) is 0 Å². The van der Waals surface area contributed by atoms with Gasteiger partial charge in [0.05, 0.1) is 10.0 Å². The van der Waals surface area contributed by atoms with Crippen LogP contribution in [0.5, 0.6) is 0 Å². The number of benzene rings is 2. The molecule has 0 saturated heterocycles. The third kappa shape index (κ3) is 3.84. The maximum atomic E-state index is 11.9. The highest BCUT2D eigenvalue weighted by molar-refractivity contribution is 6.43. The van der Waals surface area contributed by atoms with Gasteiger partial charge in [-0.3, -0.25) is 9.59 Å². The number of nitrogens with two attached hydrogens (primary N) is 1. The third-order valence-electron chi connectivity index (χ3n) is 3.07. The van der Waals surface area contributed by atoms with Crippen LogP contribution >= 0.6 is 23.2 Å². The summed E-state index contributed by atoms with van der Waals surface area (Å²) < 4.78 is 0. The topological polar surface area (TPSA) is 60.2 Å². The second kappa shape index (κ2) is 6.74. The molecule has 2 aromatic carbocycles. The Morgan fingerprint density at radius 3 is 2.24 bits per heavy atom. The molecule has 0 spiro atoms. The lowest BCUT2D eigenvalue weighted by molar-refractivity contribution is -0.118. The van der Waals surface area contributed by atoms with E-state index < -0.39 is 5.91 Å². The molecule has 5 heteroatoms. The zero-order valence-corrected chi connectivity index (χ0v) is 12.6. The fraction of sp³-hybridized carbons (Fsp3) is 0.125. The molecule has 0 saturated carbocycles. The number of primary amides is 1. The number of carbonyl (C=O) groups is 2. The van der Waals surface area contributed by atoms with Gasteiger partial charge in [-0.2, -0.15) is 0 Å². The molecule has 0 aliphatic heterocycles. The SMILES string of the molecule is NC(=O)CCC(=O)c1ccc(-c2cccc(Cl)c2Cl)cc1. The molecular weight excluding hydrogens is 309 g/mol. The average molecular weight is 322 g/mol. The summed E-state index contributed by atoms with van der Waals surface area (Å²) >= 11 is 12.2. The molecule has 2 rings (SSSR count). The van der Waals surface area contributed by atoms with Crippen molar-refractivity contribution in [2.75, 3.05) is 0 Å². The Bertz CT molecular complexity index is 681. The van der Waals surface area contributed by atoms with Gasteiger partial charge < -0.3 is 5.73 Å². The molecule has 2 N–H and O–H groups in total. The smallest absolute Gasteiger partial charge is 0.217 e. The van der Waals surface area contributed by atoms with Crippen LogP contribution in [0.2, 0.25) is 10.0 Å². The van der Waals surface area contributed by atoms with E-state index in [9.17, 15) is 9.59 Å². The first-order chi connectivity index (χ1) is 9.99. The van der Waals surface area contributed by atoms with E-state index in [4.69, 9.17) is 28.9 Å². The number of rotatable bonds is 5. The minimum absolute atomic E-state index is 0.0563. The number of amides is 1. The van der Waals surface area contributed by atoms with Gasteiger partial charge in [0.25, 0.3) is 0 Å². The van der Waals surface area contributed by atoms with E-state index in [2.05, 4.69) is 0 Å². The number of Topliss-reactive ketones (excluding diaryl/α,β-unsaturated/α-hetero) is 1. The van der Waals surface area contributed by atoms with Gasteiger partial charge in [0.2, 0.25) is 5.91 Å². The predicted octanol–water partition coefficient (Wildman–Crippen LogP) is 4.11. The van der Waals surface area contributed by atoms with Crippen LogP contribution in [0.4, 0.5) is 0 Å². The Morgan fingerprint density at radius 1 is 0.952 bits per heavy atom. The van der Waals surface area contributed by atoms with E-state index in [1.54, 1.807) is 30.3 Å². The largest absolute Gasteiger partial charge is 0.370 e. The Balaban J connectivity index is 2.21. The molecule has 2 aromatic rings. The van der Waals surface area contributed by atoms with E-state index in [0.717, 1.165) is 11.1 Å². The minimum Gasteiger partial charge on any atom is -0.370 e. The van der Waals surface area contributed by atoms with Gasteiger partial charge in [-0.1, -0.05) is 59.6 Å². The molecule has 0 aliphatic rings. The minimum atomic E-state index is -0.481. The van der Waals surface area contributed by atoms with Crippen molar-refractivity contribution < 1.29 is 9.59 Å². The van der Waals surface area contributed by atoms with E-state index in [1.807, 2.05) is 12.1 Å². The zero-order chi connectivity index (χ0) is 15.4. The summed E-state index contributed by atoms with van der Waals surface area (Å²) in [6, 6.07) is 12.4. The van der Waals surface area contributed by atoms with Crippen molar-refractivity contribution in [2.45, 2.75) is 12.8 Å². The van der Waals surface area contributed by atoms with Crippen molar-refractivity contribution in [3.8, 4) is 11.1 Å². The number of hydrogen-bond donors (Lipinski definition) is 1. The van der Waals surface area contributed by atoms with Crippen molar-refractivity contribution in [3.63, 3.8) is 0 Å². The molecule has 0 heterocycles. The molecule has 0 aromatic heterocycles. The zero-order valence-electron chi connectivity index (χ0n) is 11.1. The normalized spacial score (nSPS) is 10.4. The van der Waals surface area contributed by atoms with Gasteiger partial charge in [-0.25, -0.2) is 0 Å². The molecule has 108 valence electrons. The Morgan fingerprint density at radius 2 is 1.62 bits per heavy atom. The second-order valence-electron chi connectivity index (χ2n) is 4.57. The van der Waals surface area contributed by atoms with Gasteiger partial charge in [0.1, 0.15) is 0 Å². The molecule has 0 unspecified atom stereocenters. The van der Waals surface area contributed by atoms with Crippen LogP contribution in [-0.2, 0) is 4.79 Å². The lowest BCUT2D eigenvalue weighted by Gasteiger charge is -2.07. The number of hydrogen-bond acceptors (Lipinski definition) is 2. The van der Waals surface area contributed by atoms with Crippen molar-refractivity contribution in [2.24, 2.45) is 5.73 Å². The quantitative estimate of drug-likeness (QED) is 0.842. The molecular formula is C16H13Cl2NO2. The number of halogens is 2. The molecule has 0 fully saturated rings. The van der Waals surface area contributed by atoms with Crippen LogP contribution in [0.1, 0.15) is 23.2 Å². The highest BCUT2D eigenvalue weighted by Gasteiger charge is 2.10. The van der Waals surface area contributed by atoms with Crippen LogP contribution in [0.25, 0.3) is 11.1 Å². The first-order valence-corrected chi connectivity index (χ1v) is 7.10. The summed E-state index contributed by atoms with van der Waals surface area (Å²) in [4.78, 5) is 22.5. The van der Waals surface area contributed by atoms with Crippen LogP contribution in [0.3, 0.4) is 0 Å². The molecule has 0 radical (unpaired) electrons. The van der Waals surface area contributed by atoms with Crippen LogP contribution < -0.4 is 5.73 Å². The van der Waals surface area contributed by atoms with Gasteiger partial charge in [-0.05, 0) is 11.6 Å². The van der Waals surface area contributed by atoms with Crippen molar-refractivity contribution in [1.29, 1.82) is 0 Å². The monoisotopic (exact) mass is 321 g/mol. The van der Waals surface area contributed by atoms with Crippen molar-refractivity contribution in [3.05, 3.63) is 58.1 Å². The summed E-state index contributed by atoms with van der Waals surface area (Å²) in [5.41, 5.74) is 7.25. The first kappa shape index (κ1) is 15.5. The fourth-order valence-electron chi connectivity index (χ4n) is 1.94. The predicted molar refractivity (Wildman–Crippen MR) is 84.7 cm³/mol. The van der Waals surface area contributed by atoms with Crippen LogP contribution in [0, 0.1) is 0 Å². The summed E-state index contributed by atoms with van der Waals surface area (Å²) in [6.07, 6.45) is 0.174. The van der Waals surface area contributed by atoms with Crippen LogP contribution in [-0.4, -0.2) is 11.7 Å². The Kier molecular flexibility index (Phi) is 4.99. The standard InChI is InChI=1S/C16H13Cl2NO2/c17-13-3-1-2-12(16(13)18)10-4-6-11(7-5-10)14(20)8-9-15(19)21/h1-7H,8-9H2,(H2,19,21). The van der Waals surface area contributed by atoms with E-state index >= 15 is 0 Å². The lowest BCUT2D eigenvalue weighted by Crippen LogP contribution is -2.12. The van der Waals surface area contributed by atoms with Gasteiger partial charge >= 0.3 is 0 Å². The fourth-order valence-corrected chi connectivity index (χ4v) is 2.35. The summed E-state index contributed by atoms with van der Waals surface area (Å²) in [6.45, 7) is 0. The van der Waals surface area contributed by atoms with Crippen molar-refractivity contribution >= 4 is 34.9 Å². The van der Waals surface area contributed by atoms with Gasteiger partial charge in [0.15, 0.2) is 5.78 Å². The highest BCUT2D eigenvalue weighted by atomic mass is 35.5. The van der Waals surface area contributed by atoms with Gasteiger partial charge in [0, 0.05) is 24.0 Å². The van der Waals surface area contributed by atoms with Crippen molar-refractivity contribution in [1.82, 2.24) is 0 Å².